The Bertz CT molecular complexity index is 829. The van der Waals surface area contributed by atoms with E-state index in [0.717, 1.165) is 17.7 Å². The molecule has 6 heteroatoms. The van der Waals surface area contributed by atoms with Gasteiger partial charge in [0, 0.05) is 30.5 Å². The first-order valence-corrected chi connectivity index (χ1v) is 9.26. The molecule has 1 fully saturated rings. The second-order valence-corrected chi connectivity index (χ2v) is 6.89. The van der Waals surface area contributed by atoms with Crippen molar-refractivity contribution in [2.75, 3.05) is 19.7 Å². The van der Waals surface area contributed by atoms with Crippen LogP contribution in [0.5, 0.6) is 0 Å². The second-order valence-electron chi connectivity index (χ2n) is 6.11. The minimum Gasteiger partial charge on any atom is -0.374 e. The van der Waals surface area contributed by atoms with Crippen molar-refractivity contribution in [3.05, 3.63) is 64.5 Å². The van der Waals surface area contributed by atoms with Gasteiger partial charge in [-0.1, -0.05) is 30.3 Å². The maximum atomic E-state index is 12.8. The highest BCUT2D eigenvalue weighted by Gasteiger charge is 2.26. The molecule has 1 aromatic carbocycles. The number of hydrogen-bond acceptors (Lipinski definition) is 4. The standard InChI is InChI=1S/C19H19N3O2S/c23-19(18-11-17(20-21-18)15-6-9-25-13-15)22-7-8-24-16(12-22)10-14-4-2-1-3-5-14/h1-6,9,11,13,16H,7-8,10,12H2,(H,20,21)/t16-/m0/s1. The van der Waals surface area contributed by atoms with E-state index in [-0.39, 0.29) is 12.0 Å². The van der Waals surface area contributed by atoms with Crippen LogP contribution in [0.1, 0.15) is 16.1 Å². The number of thiophene rings is 1. The zero-order valence-corrected chi connectivity index (χ0v) is 14.5. The number of amides is 1. The molecule has 0 bridgehead atoms. The molecule has 0 radical (unpaired) electrons. The van der Waals surface area contributed by atoms with Crippen molar-refractivity contribution in [1.82, 2.24) is 15.1 Å². The summed E-state index contributed by atoms with van der Waals surface area (Å²) in [5.41, 5.74) is 3.59. The van der Waals surface area contributed by atoms with Crippen molar-refractivity contribution >= 4 is 17.2 Å². The Morgan fingerprint density at radius 3 is 3.00 bits per heavy atom. The monoisotopic (exact) mass is 353 g/mol. The molecule has 2 aromatic heterocycles. The van der Waals surface area contributed by atoms with Gasteiger partial charge in [0.25, 0.3) is 5.91 Å². The number of hydrogen-bond donors (Lipinski definition) is 1. The molecule has 0 spiro atoms. The highest BCUT2D eigenvalue weighted by Crippen LogP contribution is 2.21. The molecular weight excluding hydrogens is 334 g/mol. The van der Waals surface area contributed by atoms with E-state index in [1.54, 1.807) is 11.3 Å². The van der Waals surface area contributed by atoms with Crippen LogP contribution < -0.4 is 0 Å². The number of rotatable bonds is 4. The van der Waals surface area contributed by atoms with Crippen LogP contribution in [-0.2, 0) is 11.2 Å². The van der Waals surface area contributed by atoms with Crippen LogP contribution in [0, 0.1) is 0 Å². The van der Waals surface area contributed by atoms with Crippen LogP contribution in [-0.4, -0.2) is 46.8 Å². The number of carbonyl (C=O) groups is 1. The second kappa shape index (κ2) is 7.21. The fourth-order valence-corrected chi connectivity index (χ4v) is 3.71. The predicted molar refractivity (Wildman–Crippen MR) is 97.7 cm³/mol. The first-order valence-electron chi connectivity index (χ1n) is 8.32. The van der Waals surface area contributed by atoms with Crippen LogP contribution >= 0.6 is 11.3 Å². The molecule has 3 heterocycles. The molecule has 1 saturated heterocycles. The summed E-state index contributed by atoms with van der Waals surface area (Å²) in [6.07, 6.45) is 0.840. The summed E-state index contributed by atoms with van der Waals surface area (Å²) in [5, 5.41) is 11.2. The lowest BCUT2D eigenvalue weighted by molar-refractivity contribution is -0.0210. The number of aromatic amines is 1. The van der Waals surface area contributed by atoms with E-state index in [4.69, 9.17) is 4.74 Å². The summed E-state index contributed by atoms with van der Waals surface area (Å²) < 4.78 is 5.84. The van der Waals surface area contributed by atoms with Crippen molar-refractivity contribution in [1.29, 1.82) is 0 Å². The van der Waals surface area contributed by atoms with E-state index in [9.17, 15) is 4.79 Å². The molecule has 1 amide bonds. The fraction of sp³-hybridized carbons (Fsp3) is 0.263. The lowest BCUT2D eigenvalue weighted by Crippen LogP contribution is -2.46. The highest BCUT2D eigenvalue weighted by molar-refractivity contribution is 7.08. The number of nitrogens with zero attached hydrogens (tertiary/aromatic N) is 2. The van der Waals surface area contributed by atoms with Crippen molar-refractivity contribution in [3.63, 3.8) is 0 Å². The summed E-state index contributed by atoms with van der Waals surface area (Å²) in [4.78, 5) is 14.6. The van der Waals surface area contributed by atoms with Crippen molar-refractivity contribution in [2.45, 2.75) is 12.5 Å². The Morgan fingerprint density at radius 2 is 2.20 bits per heavy atom. The van der Waals surface area contributed by atoms with E-state index in [1.165, 1.54) is 5.56 Å². The van der Waals surface area contributed by atoms with Gasteiger partial charge in [0.05, 0.1) is 18.4 Å². The van der Waals surface area contributed by atoms with Gasteiger partial charge >= 0.3 is 0 Å². The quantitative estimate of drug-likeness (QED) is 0.783. The average molecular weight is 353 g/mol. The fourth-order valence-electron chi connectivity index (χ4n) is 3.06. The van der Waals surface area contributed by atoms with Gasteiger partial charge in [-0.05, 0) is 23.1 Å². The van der Waals surface area contributed by atoms with Crippen LogP contribution in [0.2, 0.25) is 0 Å². The minimum atomic E-state index is -0.0182. The lowest BCUT2D eigenvalue weighted by atomic mass is 10.1. The number of benzene rings is 1. The number of aromatic nitrogens is 2. The third-order valence-corrected chi connectivity index (χ3v) is 5.04. The Kier molecular flexibility index (Phi) is 4.63. The number of H-pyrrole nitrogens is 1. The molecule has 5 nitrogen and oxygen atoms in total. The summed E-state index contributed by atoms with van der Waals surface area (Å²) >= 11 is 1.62. The van der Waals surface area contributed by atoms with Crippen molar-refractivity contribution < 1.29 is 9.53 Å². The van der Waals surface area contributed by atoms with E-state index in [0.29, 0.717) is 25.4 Å². The van der Waals surface area contributed by atoms with Gasteiger partial charge in [-0.3, -0.25) is 9.89 Å². The molecule has 3 aromatic rings. The summed E-state index contributed by atoms with van der Waals surface area (Å²) in [7, 11) is 0. The smallest absolute Gasteiger partial charge is 0.272 e. The van der Waals surface area contributed by atoms with Gasteiger partial charge in [0.2, 0.25) is 0 Å². The number of nitrogens with one attached hydrogen (secondary N) is 1. The maximum Gasteiger partial charge on any atom is 0.272 e. The molecular formula is C19H19N3O2S. The van der Waals surface area contributed by atoms with Crippen molar-refractivity contribution in [3.8, 4) is 11.3 Å². The van der Waals surface area contributed by atoms with Gasteiger partial charge in [-0.25, -0.2) is 0 Å². The summed E-state index contributed by atoms with van der Waals surface area (Å²) in [5.74, 6) is -0.0182. The molecule has 0 aliphatic carbocycles. The molecule has 1 aliphatic rings. The van der Waals surface area contributed by atoms with Crippen LogP contribution in [0.25, 0.3) is 11.3 Å². The van der Waals surface area contributed by atoms with Crippen LogP contribution in [0.15, 0.2) is 53.2 Å². The average Bonchev–Trinajstić information content (AvgIpc) is 3.34. The first-order chi connectivity index (χ1) is 12.3. The lowest BCUT2D eigenvalue weighted by Gasteiger charge is -2.32. The normalized spacial score (nSPS) is 17.6. The Morgan fingerprint density at radius 1 is 1.32 bits per heavy atom. The molecule has 4 rings (SSSR count). The Balaban J connectivity index is 1.43. The Hall–Kier alpha value is -2.44. The SMILES string of the molecule is O=C(c1cc(-c2ccsc2)n[nH]1)N1CCO[C@@H](Cc2ccccc2)C1. The summed E-state index contributed by atoms with van der Waals surface area (Å²) in [6, 6.07) is 14.1. The number of carbonyl (C=O) groups excluding carboxylic acids is 1. The summed E-state index contributed by atoms with van der Waals surface area (Å²) in [6.45, 7) is 1.77. The molecule has 128 valence electrons. The van der Waals surface area contributed by atoms with E-state index < -0.39 is 0 Å². The molecule has 0 unspecified atom stereocenters. The highest BCUT2D eigenvalue weighted by atomic mass is 32.1. The number of morpholine rings is 1. The molecule has 1 aliphatic heterocycles. The van der Waals surface area contributed by atoms with Gasteiger partial charge in [-0.15, -0.1) is 0 Å². The van der Waals surface area contributed by atoms with E-state index >= 15 is 0 Å². The zero-order valence-electron chi connectivity index (χ0n) is 13.7. The Labute approximate surface area is 150 Å². The van der Waals surface area contributed by atoms with Crippen LogP contribution in [0.3, 0.4) is 0 Å². The van der Waals surface area contributed by atoms with Crippen molar-refractivity contribution in [2.24, 2.45) is 0 Å². The molecule has 1 N–H and O–H groups in total. The predicted octanol–water partition coefficient (Wildman–Crippen LogP) is 3.22. The largest absolute Gasteiger partial charge is 0.374 e. The molecule has 1 atom stereocenters. The van der Waals surface area contributed by atoms with E-state index in [2.05, 4.69) is 22.3 Å². The van der Waals surface area contributed by atoms with Gasteiger partial charge < -0.3 is 9.64 Å². The minimum absolute atomic E-state index is 0.0182. The van der Waals surface area contributed by atoms with Gasteiger partial charge in [0.15, 0.2) is 0 Å². The third kappa shape index (κ3) is 3.65. The molecule has 0 saturated carbocycles. The van der Waals surface area contributed by atoms with Gasteiger partial charge in [-0.2, -0.15) is 16.4 Å². The first kappa shape index (κ1) is 16.1. The number of ether oxygens (including phenoxy) is 1. The molecule has 25 heavy (non-hydrogen) atoms. The van der Waals surface area contributed by atoms with Gasteiger partial charge in [0.1, 0.15) is 5.69 Å². The topological polar surface area (TPSA) is 58.2 Å². The van der Waals surface area contributed by atoms with E-state index in [1.807, 2.05) is 46.0 Å². The third-order valence-electron chi connectivity index (χ3n) is 4.36. The zero-order chi connectivity index (χ0) is 17.1. The van der Waals surface area contributed by atoms with Crippen LogP contribution in [0.4, 0.5) is 0 Å². The maximum absolute atomic E-state index is 12.8.